The molecular weight excluding hydrogens is 290 g/mol. The third-order valence-electron chi connectivity index (χ3n) is 3.18. The van der Waals surface area contributed by atoms with E-state index in [2.05, 4.69) is 5.32 Å². The summed E-state index contributed by atoms with van der Waals surface area (Å²) in [5.41, 5.74) is 2.21. The summed E-state index contributed by atoms with van der Waals surface area (Å²) in [5.74, 6) is -0.253. The van der Waals surface area contributed by atoms with Crippen LogP contribution in [0.5, 0.6) is 5.75 Å². The van der Waals surface area contributed by atoms with Crippen LogP contribution in [0.3, 0.4) is 0 Å². The van der Waals surface area contributed by atoms with Crippen molar-refractivity contribution in [3.8, 4) is 5.75 Å². The van der Waals surface area contributed by atoms with Gasteiger partial charge in [-0.25, -0.2) is 4.79 Å². The first-order valence-corrected chi connectivity index (χ1v) is 6.78. The molecule has 0 bridgehead atoms. The summed E-state index contributed by atoms with van der Waals surface area (Å²) < 4.78 is 5.07. The van der Waals surface area contributed by atoms with Gasteiger partial charge in [0.05, 0.1) is 7.11 Å². The lowest BCUT2D eigenvalue weighted by Crippen LogP contribution is -2.20. The minimum atomic E-state index is -0.967. The van der Waals surface area contributed by atoms with Gasteiger partial charge in [-0.15, -0.1) is 0 Å². The average molecular weight is 306 g/mol. The summed E-state index contributed by atoms with van der Waals surface area (Å²) in [6.07, 6.45) is 0. The molecule has 0 aliphatic rings. The number of ether oxygens (including phenoxy) is 1. The molecule has 1 unspecified atom stereocenters. The predicted octanol–water partition coefficient (Wildman–Crippen LogP) is 3.89. The summed E-state index contributed by atoms with van der Waals surface area (Å²) in [4.78, 5) is 11.5. The summed E-state index contributed by atoms with van der Waals surface area (Å²) in [6, 6.07) is 11.4. The molecule has 1 atom stereocenters. The minimum Gasteiger partial charge on any atom is -0.497 e. The van der Waals surface area contributed by atoms with E-state index in [4.69, 9.17) is 16.3 Å². The molecule has 0 heterocycles. The SMILES string of the molecule is COc1ccc(NC(C(=O)O)c2ccc(C)c(Cl)c2)cc1. The number of carboxylic acid groups (broad SMARTS) is 1. The Morgan fingerprint density at radius 3 is 2.43 bits per heavy atom. The first-order valence-electron chi connectivity index (χ1n) is 6.40. The fraction of sp³-hybridized carbons (Fsp3) is 0.188. The lowest BCUT2D eigenvalue weighted by atomic mass is 10.0. The van der Waals surface area contributed by atoms with Gasteiger partial charge in [0.2, 0.25) is 0 Å². The molecule has 2 aromatic carbocycles. The monoisotopic (exact) mass is 305 g/mol. The van der Waals surface area contributed by atoms with Crippen molar-refractivity contribution >= 4 is 23.3 Å². The second-order valence-corrected chi connectivity index (χ2v) is 5.06. The maximum atomic E-state index is 11.5. The van der Waals surface area contributed by atoms with E-state index < -0.39 is 12.0 Å². The van der Waals surface area contributed by atoms with Crippen LogP contribution in [0.25, 0.3) is 0 Å². The number of hydrogen-bond donors (Lipinski definition) is 2. The van der Waals surface area contributed by atoms with Crippen molar-refractivity contribution < 1.29 is 14.6 Å². The second kappa shape index (κ2) is 6.50. The number of benzene rings is 2. The fourth-order valence-corrected chi connectivity index (χ4v) is 2.12. The van der Waals surface area contributed by atoms with E-state index in [0.29, 0.717) is 22.0 Å². The molecule has 0 fully saturated rings. The van der Waals surface area contributed by atoms with E-state index >= 15 is 0 Å². The van der Waals surface area contributed by atoms with Crippen molar-refractivity contribution in [2.45, 2.75) is 13.0 Å². The maximum absolute atomic E-state index is 11.5. The standard InChI is InChI=1S/C16H16ClNO3/c1-10-3-4-11(9-14(10)17)15(16(19)20)18-12-5-7-13(21-2)8-6-12/h3-9,15,18H,1-2H3,(H,19,20). The van der Waals surface area contributed by atoms with Crippen LogP contribution in [0.4, 0.5) is 5.69 Å². The van der Waals surface area contributed by atoms with Gasteiger partial charge in [0.15, 0.2) is 6.04 Å². The van der Waals surface area contributed by atoms with Crippen LogP contribution in [0.1, 0.15) is 17.2 Å². The number of carboxylic acids is 1. The molecule has 0 amide bonds. The quantitative estimate of drug-likeness (QED) is 0.879. The highest BCUT2D eigenvalue weighted by Crippen LogP contribution is 2.25. The van der Waals surface area contributed by atoms with Crippen molar-refractivity contribution in [2.75, 3.05) is 12.4 Å². The Bertz CT molecular complexity index is 640. The molecule has 0 saturated heterocycles. The highest BCUT2D eigenvalue weighted by Gasteiger charge is 2.20. The summed E-state index contributed by atoms with van der Waals surface area (Å²) in [5, 5.41) is 12.9. The highest BCUT2D eigenvalue weighted by atomic mass is 35.5. The van der Waals surface area contributed by atoms with E-state index in [9.17, 15) is 9.90 Å². The Morgan fingerprint density at radius 2 is 1.90 bits per heavy atom. The number of aliphatic carboxylic acids is 1. The molecule has 0 aromatic heterocycles. The van der Waals surface area contributed by atoms with Gasteiger partial charge >= 0.3 is 5.97 Å². The van der Waals surface area contributed by atoms with Gasteiger partial charge in [-0.2, -0.15) is 0 Å². The van der Waals surface area contributed by atoms with Gasteiger partial charge in [0, 0.05) is 10.7 Å². The summed E-state index contributed by atoms with van der Waals surface area (Å²) >= 11 is 6.07. The molecule has 21 heavy (non-hydrogen) atoms. The zero-order valence-corrected chi connectivity index (χ0v) is 12.5. The maximum Gasteiger partial charge on any atom is 0.330 e. The number of methoxy groups -OCH3 is 1. The smallest absolute Gasteiger partial charge is 0.330 e. The van der Waals surface area contributed by atoms with E-state index in [-0.39, 0.29) is 0 Å². The Morgan fingerprint density at radius 1 is 1.24 bits per heavy atom. The molecule has 2 rings (SSSR count). The number of carbonyl (C=O) groups is 1. The number of halogens is 1. The molecule has 2 N–H and O–H groups in total. The van der Waals surface area contributed by atoms with E-state index in [0.717, 1.165) is 5.56 Å². The van der Waals surface area contributed by atoms with Crippen molar-refractivity contribution in [1.29, 1.82) is 0 Å². The van der Waals surface area contributed by atoms with Gasteiger partial charge in [-0.05, 0) is 48.4 Å². The minimum absolute atomic E-state index is 0.551. The van der Waals surface area contributed by atoms with Crippen LogP contribution in [0, 0.1) is 6.92 Å². The average Bonchev–Trinajstić information content (AvgIpc) is 2.48. The molecule has 110 valence electrons. The topological polar surface area (TPSA) is 58.6 Å². The Kier molecular flexibility index (Phi) is 4.70. The van der Waals surface area contributed by atoms with Crippen molar-refractivity contribution in [3.05, 3.63) is 58.6 Å². The largest absolute Gasteiger partial charge is 0.497 e. The number of anilines is 1. The van der Waals surface area contributed by atoms with Crippen LogP contribution >= 0.6 is 11.6 Å². The molecule has 0 aliphatic heterocycles. The van der Waals surface area contributed by atoms with Crippen molar-refractivity contribution in [2.24, 2.45) is 0 Å². The first kappa shape index (κ1) is 15.2. The number of rotatable bonds is 5. The van der Waals surface area contributed by atoms with Gasteiger partial charge in [-0.1, -0.05) is 23.7 Å². The molecule has 0 saturated carbocycles. The number of aryl methyl sites for hydroxylation is 1. The Balaban J connectivity index is 2.26. The Labute approximate surface area is 128 Å². The summed E-state index contributed by atoms with van der Waals surface area (Å²) in [7, 11) is 1.58. The second-order valence-electron chi connectivity index (χ2n) is 4.65. The molecule has 2 aromatic rings. The third kappa shape index (κ3) is 3.67. The summed E-state index contributed by atoms with van der Waals surface area (Å²) in [6.45, 7) is 1.87. The van der Waals surface area contributed by atoms with Crippen LogP contribution in [0.2, 0.25) is 5.02 Å². The van der Waals surface area contributed by atoms with Crippen LogP contribution in [0.15, 0.2) is 42.5 Å². The van der Waals surface area contributed by atoms with Gasteiger partial charge in [0.25, 0.3) is 0 Å². The molecule has 0 spiro atoms. The third-order valence-corrected chi connectivity index (χ3v) is 3.58. The molecule has 0 radical (unpaired) electrons. The van der Waals surface area contributed by atoms with E-state index in [1.807, 2.05) is 13.0 Å². The van der Waals surface area contributed by atoms with Crippen molar-refractivity contribution in [1.82, 2.24) is 0 Å². The highest BCUT2D eigenvalue weighted by molar-refractivity contribution is 6.31. The van der Waals surface area contributed by atoms with Gasteiger partial charge in [-0.3, -0.25) is 0 Å². The molecule has 0 aliphatic carbocycles. The van der Waals surface area contributed by atoms with Crippen LogP contribution in [-0.4, -0.2) is 18.2 Å². The number of nitrogens with one attached hydrogen (secondary N) is 1. The normalized spacial score (nSPS) is 11.8. The van der Waals surface area contributed by atoms with Gasteiger partial charge < -0.3 is 15.2 Å². The molecule has 4 nitrogen and oxygen atoms in total. The lowest BCUT2D eigenvalue weighted by Gasteiger charge is -2.17. The molecular formula is C16H16ClNO3. The van der Waals surface area contributed by atoms with Crippen LogP contribution in [-0.2, 0) is 4.79 Å². The Hall–Kier alpha value is -2.20. The lowest BCUT2D eigenvalue weighted by molar-refractivity contribution is -0.138. The fourth-order valence-electron chi connectivity index (χ4n) is 1.93. The zero-order chi connectivity index (χ0) is 15.4. The first-order chi connectivity index (χ1) is 10.0. The van der Waals surface area contributed by atoms with Gasteiger partial charge in [0.1, 0.15) is 5.75 Å². The molecule has 5 heteroatoms. The number of hydrogen-bond acceptors (Lipinski definition) is 3. The zero-order valence-electron chi connectivity index (χ0n) is 11.8. The predicted molar refractivity (Wildman–Crippen MR) is 83.2 cm³/mol. The van der Waals surface area contributed by atoms with E-state index in [1.54, 1.807) is 43.5 Å². The van der Waals surface area contributed by atoms with Crippen molar-refractivity contribution in [3.63, 3.8) is 0 Å². The van der Waals surface area contributed by atoms with E-state index in [1.165, 1.54) is 0 Å². The van der Waals surface area contributed by atoms with Crippen LogP contribution < -0.4 is 10.1 Å².